The molecule has 0 spiro atoms. The van der Waals surface area contributed by atoms with Crippen LogP contribution in [-0.2, 0) is 4.74 Å². The van der Waals surface area contributed by atoms with E-state index in [2.05, 4.69) is 21.3 Å². The Morgan fingerprint density at radius 1 is 1.41 bits per heavy atom. The summed E-state index contributed by atoms with van der Waals surface area (Å²) in [6.45, 7) is 7.34. The van der Waals surface area contributed by atoms with Crippen LogP contribution in [0.1, 0.15) is 26.3 Å². The number of hydrogen-bond acceptors (Lipinski definition) is 5. The fourth-order valence-corrected chi connectivity index (χ4v) is 3.01. The second-order valence-electron chi connectivity index (χ2n) is 6.92. The largest absolute Gasteiger partial charge is 0.444 e. The topological polar surface area (TPSA) is 78.2 Å². The number of amides is 1. The number of carbonyl (C=O) groups is 1. The van der Waals surface area contributed by atoms with Gasteiger partial charge in [0.1, 0.15) is 17.5 Å². The fourth-order valence-electron chi connectivity index (χ4n) is 3.01. The van der Waals surface area contributed by atoms with E-state index in [4.69, 9.17) is 10.00 Å². The number of anilines is 1. The lowest BCUT2D eigenvalue weighted by Crippen LogP contribution is -2.38. The van der Waals surface area contributed by atoms with Gasteiger partial charge < -0.3 is 15.0 Å². The minimum absolute atomic E-state index is 0.212. The molecule has 1 aliphatic heterocycles. The maximum absolute atomic E-state index is 11.8. The lowest BCUT2D eigenvalue weighted by atomic mass is 10.2. The Morgan fingerprint density at radius 2 is 2.09 bits per heavy atom. The number of fused-ring (bicyclic) bond motifs is 1. The summed E-state index contributed by atoms with van der Waals surface area (Å²) in [7, 11) is 0. The molecule has 1 saturated carbocycles. The Labute approximate surface area is 130 Å². The maximum atomic E-state index is 11.8. The van der Waals surface area contributed by atoms with Gasteiger partial charge in [-0.3, -0.25) is 0 Å². The number of rotatable bonds is 2. The molecule has 2 fully saturated rings. The third-order valence-corrected chi connectivity index (χ3v) is 4.08. The van der Waals surface area contributed by atoms with Gasteiger partial charge in [-0.2, -0.15) is 5.26 Å². The Bertz CT molecular complexity index is 603. The molecule has 1 aromatic heterocycles. The minimum atomic E-state index is -0.466. The molecule has 0 radical (unpaired) electrons. The summed E-state index contributed by atoms with van der Waals surface area (Å²) in [5.41, 5.74) is 0.101. The smallest absolute Gasteiger partial charge is 0.407 e. The number of ether oxygens (including phenoxy) is 1. The number of nitrogens with zero attached hydrogens (tertiary/aromatic N) is 3. The number of aromatic nitrogens is 1. The number of nitriles is 1. The van der Waals surface area contributed by atoms with E-state index < -0.39 is 5.60 Å². The highest BCUT2D eigenvalue weighted by Crippen LogP contribution is 2.46. The van der Waals surface area contributed by atoms with Crippen LogP contribution >= 0.6 is 0 Å². The summed E-state index contributed by atoms with van der Waals surface area (Å²) < 4.78 is 5.28. The van der Waals surface area contributed by atoms with Crippen molar-refractivity contribution in [2.45, 2.75) is 32.4 Å². The Hall–Kier alpha value is -2.29. The molecule has 1 aliphatic carbocycles. The molecule has 1 aromatic rings. The highest BCUT2D eigenvalue weighted by atomic mass is 16.6. The van der Waals surface area contributed by atoms with E-state index in [0.29, 0.717) is 17.4 Å². The molecule has 116 valence electrons. The van der Waals surface area contributed by atoms with Gasteiger partial charge in [-0.15, -0.1) is 0 Å². The highest BCUT2D eigenvalue weighted by Gasteiger charge is 2.57. The molecule has 3 rings (SSSR count). The van der Waals surface area contributed by atoms with Crippen LogP contribution in [0.3, 0.4) is 0 Å². The van der Waals surface area contributed by atoms with E-state index in [1.54, 1.807) is 12.3 Å². The number of carbonyl (C=O) groups excluding carboxylic acids is 1. The standard InChI is InChI=1S/C16H20N4O2/c1-16(2,3)22-15(21)19-14-11-8-20(9-12(11)14)13-5-4-10(6-17)7-18-13/h4-5,7,11-12,14H,8-9H2,1-3H3,(H,19,21)/t11-,12+,14+. The van der Waals surface area contributed by atoms with Gasteiger partial charge in [0.25, 0.3) is 0 Å². The van der Waals surface area contributed by atoms with E-state index in [9.17, 15) is 4.79 Å². The molecule has 2 heterocycles. The molecule has 1 N–H and O–H groups in total. The quantitative estimate of drug-likeness (QED) is 0.902. The number of nitrogens with one attached hydrogen (secondary N) is 1. The third kappa shape index (κ3) is 2.98. The zero-order valence-electron chi connectivity index (χ0n) is 13.0. The second kappa shape index (κ2) is 5.16. The van der Waals surface area contributed by atoms with Crippen molar-refractivity contribution in [3.8, 4) is 6.07 Å². The number of hydrogen-bond donors (Lipinski definition) is 1. The van der Waals surface area contributed by atoms with Crippen molar-refractivity contribution >= 4 is 11.9 Å². The molecule has 1 saturated heterocycles. The first-order valence-corrected chi connectivity index (χ1v) is 7.48. The summed E-state index contributed by atoms with van der Waals surface area (Å²) in [4.78, 5) is 18.3. The number of pyridine rings is 1. The average molecular weight is 300 g/mol. The first kappa shape index (κ1) is 14.6. The van der Waals surface area contributed by atoms with Crippen LogP contribution in [0.25, 0.3) is 0 Å². The molecule has 22 heavy (non-hydrogen) atoms. The third-order valence-electron chi connectivity index (χ3n) is 4.08. The van der Waals surface area contributed by atoms with E-state index in [1.165, 1.54) is 0 Å². The first-order valence-electron chi connectivity index (χ1n) is 7.48. The number of piperidine rings is 1. The van der Waals surface area contributed by atoms with Gasteiger partial charge in [-0.25, -0.2) is 9.78 Å². The minimum Gasteiger partial charge on any atom is -0.444 e. The Balaban J connectivity index is 1.51. The monoisotopic (exact) mass is 300 g/mol. The van der Waals surface area contributed by atoms with Crippen molar-refractivity contribution in [3.05, 3.63) is 23.9 Å². The van der Waals surface area contributed by atoms with Crippen LogP contribution in [0.4, 0.5) is 10.6 Å². The van der Waals surface area contributed by atoms with Crippen LogP contribution in [0.15, 0.2) is 18.3 Å². The zero-order chi connectivity index (χ0) is 15.9. The molecule has 3 atom stereocenters. The lowest BCUT2D eigenvalue weighted by Gasteiger charge is -2.23. The van der Waals surface area contributed by atoms with E-state index in [-0.39, 0.29) is 12.1 Å². The van der Waals surface area contributed by atoms with Gasteiger partial charge in [0.15, 0.2) is 0 Å². The molecule has 0 unspecified atom stereocenters. The van der Waals surface area contributed by atoms with Crippen LogP contribution in [0.2, 0.25) is 0 Å². The summed E-state index contributed by atoms with van der Waals surface area (Å²) in [6, 6.07) is 5.93. The lowest BCUT2D eigenvalue weighted by molar-refractivity contribution is 0.0518. The molecular weight excluding hydrogens is 280 g/mol. The molecule has 1 amide bonds. The second-order valence-corrected chi connectivity index (χ2v) is 6.92. The fraction of sp³-hybridized carbons (Fsp3) is 0.562. The van der Waals surface area contributed by atoms with Crippen molar-refractivity contribution in [1.82, 2.24) is 10.3 Å². The van der Waals surface area contributed by atoms with E-state index in [0.717, 1.165) is 18.9 Å². The maximum Gasteiger partial charge on any atom is 0.407 e. The zero-order valence-corrected chi connectivity index (χ0v) is 13.0. The van der Waals surface area contributed by atoms with Gasteiger partial charge in [-0.05, 0) is 32.9 Å². The molecule has 2 aliphatic rings. The van der Waals surface area contributed by atoms with Crippen LogP contribution in [0, 0.1) is 23.2 Å². The predicted octanol–water partition coefficient (Wildman–Crippen LogP) is 1.91. The summed E-state index contributed by atoms with van der Waals surface area (Å²) in [5.74, 6) is 1.82. The van der Waals surface area contributed by atoms with Crippen molar-refractivity contribution in [1.29, 1.82) is 5.26 Å². The Kier molecular flexibility index (Phi) is 3.44. The predicted molar refractivity (Wildman–Crippen MR) is 81.3 cm³/mol. The number of alkyl carbamates (subject to hydrolysis) is 1. The van der Waals surface area contributed by atoms with Crippen LogP contribution in [0.5, 0.6) is 0 Å². The molecular formula is C16H20N4O2. The van der Waals surface area contributed by atoms with E-state index >= 15 is 0 Å². The molecule has 0 bridgehead atoms. The van der Waals surface area contributed by atoms with Crippen molar-refractivity contribution in [3.63, 3.8) is 0 Å². The van der Waals surface area contributed by atoms with Gasteiger partial charge in [0.2, 0.25) is 0 Å². The van der Waals surface area contributed by atoms with Crippen molar-refractivity contribution < 1.29 is 9.53 Å². The molecule has 6 heteroatoms. The van der Waals surface area contributed by atoms with E-state index in [1.807, 2.05) is 26.8 Å². The van der Waals surface area contributed by atoms with Gasteiger partial charge in [-0.1, -0.05) is 0 Å². The SMILES string of the molecule is CC(C)(C)OC(=O)N[C@H]1[C@@H]2CN(c3ccc(C#N)cn3)C[C@@H]21. The first-order chi connectivity index (χ1) is 10.4. The summed E-state index contributed by atoms with van der Waals surface area (Å²) >= 11 is 0. The Morgan fingerprint density at radius 3 is 2.59 bits per heavy atom. The summed E-state index contributed by atoms with van der Waals surface area (Å²) in [6.07, 6.45) is 1.25. The van der Waals surface area contributed by atoms with Crippen molar-refractivity contribution in [2.75, 3.05) is 18.0 Å². The molecule has 6 nitrogen and oxygen atoms in total. The van der Waals surface area contributed by atoms with Crippen LogP contribution in [-0.4, -0.2) is 35.8 Å². The normalized spacial score (nSPS) is 26.1. The molecule has 0 aromatic carbocycles. The van der Waals surface area contributed by atoms with Gasteiger partial charge >= 0.3 is 6.09 Å². The van der Waals surface area contributed by atoms with Gasteiger partial charge in [0.05, 0.1) is 5.56 Å². The van der Waals surface area contributed by atoms with Crippen LogP contribution < -0.4 is 10.2 Å². The van der Waals surface area contributed by atoms with Gasteiger partial charge in [0, 0.05) is 37.2 Å². The summed E-state index contributed by atoms with van der Waals surface area (Å²) in [5, 5.41) is 11.7. The highest BCUT2D eigenvalue weighted by molar-refractivity contribution is 5.69. The average Bonchev–Trinajstić information content (AvgIpc) is 2.89. The van der Waals surface area contributed by atoms with Crippen molar-refractivity contribution in [2.24, 2.45) is 11.8 Å².